The first-order valence-corrected chi connectivity index (χ1v) is 8.99. The average Bonchev–Trinajstić information content (AvgIpc) is 3.39. The molecule has 4 heterocycles. The molecule has 0 saturated carbocycles. The molecule has 6 heteroatoms. The molecule has 2 aromatic rings. The number of hydrogen-bond donors (Lipinski definition) is 0. The van der Waals surface area contributed by atoms with Crippen molar-refractivity contribution in [2.75, 3.05) is 20.6 Å². The fraction of sp³-hybridized carbons (Fsp3) is 0.400. The largest absolute Gasteiger partial charge is 0.454 e. The lowest BCUT2D eigenvalue weighted by molar-refractivity contribution is -0.0742. The van der Waals surface area contributed by atoms with E-state index in [2.05, 4.69) is 30.1 Å². The quantitative estimate of drug-likeness (QED) is 0.727. The molecule has 1 spiro atoms. The zero-order chi connectivity index (χ0) is 17.0. The molecular weight excluding hydrogens is 334 g/mol. The minimum atomic E-state index is -0.337. The molecule has 1 aliphatic carbocycles. The number of likely N-dealkylation sites (N-methyl/N-ethyl adjacent to an activating group) is 1. The third-order valence-corrected chi connectivity index (χ3v) is 6.56. The molecule has 3 atom stereocenters. The van der Waals surface area contributed by atoms with Crippen molar-refractivity contribution in [2.45, 2.75) is 30.7 Å². The van der Waals surface area contributed by atoms with Crippen molar-refractivity contribution in [1.82, 2.24) is 4.90 Å². The van der Waals surface area contributed by atoms with Gasteiger partial charge in [-0.2, -0.15) is 0 Å². The predicted octanol–water partition coefficient (Wildman–Crippen LogP) is 2.48. The number of nitrogens with zero attached hydrogens (tertiary/aromatic N) is 1. The summed E-state index contributed by atoms with van der Waals surface area (Å²) in [6.45, 7) is 0.577. The Morgan fingerprint density at radius 3 is 2.69 bits per heavy atom. The van der Waals surface area contributed by atoms with Crippen LogP contribution < -0.4 is 18.9 Å². The molecule has 1 saturated heterocycles. The summed E-state index contributed by atoms with van der Waals surface area (Å²) in [5, 5.41) is 0. The second kappa shape index (κ2) is 4.27. The number of fused-ring (bicyclic) bond motifs is 7. The number of ether oxygens (including phenoxy) is 5. The Morgan fingerprint density at radius 1 is 0.962 bits per heavy atom. The number of hydrogen-bond acceptors (Lipinski definition) is 6. The summed E-state index contributed by atoms with van der Waals surface area (Å²) < 4.78 is 29.3. The van der Waals surface area contributed by atoms with Gasteiger partial charge in [-0.15, -0.1) is 0 Å². The van der Waals surface area contributed by atoms with Gasteiger partial charge < -0.3 is 23.7 Å². The molecule has 0 unspecified atom stereocenters. The van der Waals surface area contributed by atoms with E-state index in [0.717, 1.165) is 41.4 Å². The Hall–Kier alpha value is -2.44. The molecule has 0 N–H and O–H groups in total. The van der Waals surface area contributed by atoms with E-state index in [1.54, 1.807) is 0 Å². The lowest BCUT2D eigenvalue weighted by atomic mass is 9.83. The topological polar surface area (TPSA) is 49.4 Å². The van der Waals surface area contributed by atoms with Crippen LogP contribution in [0.4, 0.5) is 0 Å². The fourth-order valence-corrected chi connectivity index (χ4v) is 5.42. The van der Waals surface area contributed by atoms with E-state index in [1.807, 2.05) is 6.07 Å². The van der Waals surface area contributed by atoms with Gasteiger partial charge in [0.2, 0.25) is 13.6 Å². The monoisotopic (exact) mass is 351 g/mol. The van der Waals surface area contributed by atoms with Gasteiger partial charge in [0, 0.05) is 18.0 Å². The third kappa shape index (κ3) is 1.40. The van der Waals surface area contributed by atoms with Gasteiger partial charge in [0.05, 0.1) is 0 Å². The van der Waals surface area contributed by atoms with E-state index >= 15 is 0 Å². The first-order chi connectivity index (χ1) is 12.7. The summed E-state index contributed by atoms with van der Waals surface area (Å²) in [4.78, 5) is 2.35. The predicted molar refractivity (Wildman–Crippen MR) is 89.6 cm³/mol. The zero-order valence-corrected chi connectivity index (χ0v) is 14.3. The van der Waals surface area contributed by atoms with Gasteiger partial charge in [-0.05, 0) is 48.4 Å². The zero-order valence-electron chi connectivity index (χ0n) is 14.3. The molecule has 7 rings (SSSR count). The molecule has 0 amide bonds. The Morgan fingerprint density at radius 2 is 1.77 bits per heavy atom. The highest BCUT2D eigenvalue weighted by Gasteiger charge is 2.61. The van der Waals surface area contributed by atoms with Crippen LogP contribution in [0, 0.1) is 0 Å². The Labute approximate surface area is 150 Å². The number of benzene rings is 2. The van der Waals surface area contributed by atoms with E-state index in [-0.39, 0.29) is 24.7 Å². The SMILES string of the molecule is CN1[C@H]2O[C@@]3(Cc4ccc5c(c42)OCO5)c2cc4c(cc2C[C@@H]13)OCO4. The maximum atomic E-state index is 6.75. The molecule has 0 aromatic heterocycles. The summed E-state index contributed by atoms with van der Waals surface area (Å²) in [5.41, 5.74) is 4.62. The molecule has 1 fully saturated rings. The van der Waals surface area contributed by atoms with E-state index in [1.165, 1.54) is 16.7 Å². The van der Waals surface area contributed by atoms with Crippen LogP contribution in [0.15, 0.2) is 24.3 Å². The van der Waals surface area contributed by atoms with Gasteiger partial charge in [0.15, 0.2) is 23.0 Å². The maximum absolute atomic E-state index is 6.75. The summed E-state index contributed by atoms with van der Waals surface area (Å²) in [6, 6.07) is 8.74. The molecular formula is C20H17NO5. The summed E-state index contributed by atoms with van der Waals surface area (Å²) in [5.74, 6) is 3.33. The van der Waals surface area contributed by atoms with Crippen molar-refractivity contribution in [3.8, 4) is 23.0 Å². The highest BCUT2D eigenvalue weighted by molar-refractivity contribution is 5.59. The van der Waals surface area contributed by atoms with E-state index in [4.69, 9.17) is 23.7 Å². The molecule has 26 heavy (non-hydrogen) atoms. The van der Waals surface area contributed by atoms with Gasteiger partial charge in [-0.3, -0.25) is 4.90 Å². The first-order valence-electron chi connectivity index (χ1n) is 8.99. The van der Waals surface area contributed by atoms with Crippen molar-refractivity contribution in [1.29, 1.82) is 0 Å². The van der Waals surface area contributed by atoms with Crippen LogP contribution in [0.2, 0.25) is 0 Å². The van der Waals surface area contributed by atoms with Gasteiger partial charge in [-0.25, -0.2) is 0 Å². The fourth-order valence-electron chi connectivity index (χ4n) is 5.42. The van der Waals surface area contributed by atoms with E-state index < -0.39 is 0 Å². The highest BCUT2D eigenvalue weighted by Crippen LogP contribution is 2.61. The molecule has 2 aromatic carbocycles. The Bertz CT molecular complexity index is 989. The van der Waals surface area contributed by atoms with Crippen molar-refractivity contribution in [3.05, 3.63) is 46.5 Å². The second-order valence-electron chi connectivity index (χ2n) is 7.66. The van der Waals surface area contributed by atoms with Crippen molar-refractivity contribution in [2.24, 2.45) is 0 Å². The normalized spacial score (nSPS) is 31.7. The van der Waals surface area contributed by atoms with E-state index in [0.29, 0.717) is 6.79 Å². The van der Waals surface area contributed by atoms with Gasteiger partial charge in [0.25, 0.3) is 0 Å². The van der Waals surface area contributed by atoms with Crippen LogP contribution >= 0.6 is 0 Å². The summed E-state index contributed by atoms with van der Waals surface area (Å²) in [7, 11) is 2.15. The molecule has 0 radical (unpaired) electrons. The summed E-state index contributed by atoms with van der Waals surface area (Å²) >= 11 is 0. The standard InChI is InChI=1S/C20H17NO5/c1-21-16-5-11-4-14-15(24-8-23-14)6-12(11)20(16)7-10-2-3-13-18(25-9-22-13)17(10)19(21)26-20/h2-4,6,16,19H,5,7-9H2,1H3/t16-,19+,20+/m1/s1. The van der Waals surface area contributed by atoms with Crippen LogP contribution in [-0.4, -0.2) is 31.6 Å². The van der Waals surface area contributed by atoms with Gasteiger partial charge in [0.1, 0.15) is 11.8 Å². The molecule has 6 nitrogen and oxygen atoms in total. The van der Waals surface area contributed by atoms with Crippen LogP contribution in [0.25, 0.3) is 0 Å². The van der Waals surface area contributed by atoms with Gasteiger partial charge in [-0.1, -0.05) is 6.07 Å². The van der Waals surface area contributed by atoms with Crippen LogP contribution in [0.5, 0.6) is 23.0 Å². The Kier molecular flexibility index (Phi) is 2.25. The minimum Gasteiger partial charge on any atom is -0.454 e. The first kappa shape index (κ1) is 13.7. The van der Waals surface area contributed by atoms with Gasteiger partial charge >= 0.3 is 0 Å². The lowest BCUT2D eigenvalue weighted by Crippen LogP contribution is -2.39. The molecule has 5 aliphatic rings. The third-order valence-electron chi connectivity index (χ3n) is 6.56. The van der Waals surface area contributed by atoms with Crippen molar-refractivity contribution < 1.29 is 23.7 Å². The highest BCUT2D eigenvalue weighted by atomic mass is 16.7. The minimum absolute atomic E-state index is 0.112. The van der Waals surface area contributed by atoms with Crippen molar-refractivity contribution >= 4 is 0 Å². The van der Waals surface area contributed by atoms with Crippen LogP contribution in [0.3, 0.4) is 0 Å². The van der Waals surface area contributed by atoms with Crippen molar-refractivity contribution in [3.63, 3.8) is 0 Å². The summed E-state index contributed by atoms with van der Waals surface area (Å²) in [6.07, 6.45) is 1.67. The lowest BCUT2D eigenvalue weighted by Gasteiger charge is -2.34. The maximum Gasteiger partial charge on any atom is 0.231 e. The Balaban J connectivity index is 1.44. The second-order valence-corrected chi connectivity index (χ2v) is 7.66. The van der Waals surface area contributed by atoms with Crippen LogP contribution in [0.1, 0.15) is 28.5 Å². The smallest absolute Gasteiger partial charge is 0.231 e. The average molecular weight is 351 g/mol. The number of rotatable bonds is 0. The molecule has 4 aliphatic heterocycles. The van der Waals surface area contributed by atoms with Crippen LogP contribution in [-0.2, 0) is 23.2 Å². The van der Waals surface area contributed by atoms with E-state index in [9.17, 15) is 0 Å². The molecule has 132 valence electrons. The molecule has 2 bridgehead atoms.